The fourth-order valence-corrected chi connectivity index (χ4v) is 4.71. The van der Waals surface area contributed by atoms with Crippen molar-refractivity contribution in [3.8, 4) is 6.07 Å². The highest BCUT2D eigenvalue weighted by Crippen LogP contribution is 2.40. The SMILES string of the molecule is Cc1cccc(C(=O)N[C@@H](Nc2sc3c(c2C#N)CCCC3)C(Cl)(Cl)Cl)c1. The third-order valence-electron chi connectivity index (χ3n) is 4.44. The Morgan fingerprint density at radius 3 is 2.70 bits per heavy atom. The highest BCUT2D eigenvalue weighted by atomic mass is 35.6. The van der Waals surface area contributed by atoms with E-state index >= 15 is 0 Å². The van der Waals surface area contributed by atoms with Crippen LogP contribution in [0.2, 0.25) is 0 Å². The van der Waals surface area contributed by atoms with Crippen LogP contribution in [-0.4, -0.2) is 15.9 Å². The molecule has 1 aromatic carbocycles. The van der Waals surface area contributed by atoms with Crippen LogP contribution < -0.4 is 10.6 Å². The number of rotatable bonds is 4. The van der Waals surface area contributed by atoms with Crippen LogP contribution in [0.1, 0.15) is 44.8 Å². The number of hydrogen-bond donors (Lipinski definition) is 2. The molecule has 1 amide bonds. The highest BCUT2D eigenvalue weighted by molar-refractivity contribution is 7.16. The van der Waals surface area contributed by atoms with Gasteiger partial charge in [-0.2, -0.15) is 5.26 Å². The zero-order chi connectivity index (χ0) is 19.6. The maximum atomic E-state index is 12.6. The van der Waals surface area contributed by atoms with Gasteiger partial charge in [0, 0.05) is 10.4 Å². The van der Waals surface area contributed by atoms with Crippen molar-refractivity contribution in [2.75, 3.05) is 5.32 Å². The number of carbonyl (C=O) groups is 1. The van der Waals surface area contributed by atoms with E-state index in [1.165, 1.54) is 16.2 Å². The molecular formula is C19H18Cl3N3OS. The van der Waals surface area contributed by atoms with Crippen LogP contribution in [0.5, 0.6) is 0 Å². The van der Waals surface area contributed by atoms with Gasteiger partial charge in [0.15, 0.2) is 0 Å². The molecule has 1 aliphatic rings. The first-order chi connectivity index (χ1) is 12.8. The quantitative estimate of drug-likeness (QED) is 0.496. The molecule has 1 heterocycles. The zero-order valence-corrected chi connectivity index (χ0v) is 17.7. The molecule has 2 N–H and O–H groups in total. The molecule has 1 aliphatic carbocycles. The van der Waals surface area contributed by atoms with Crippen molar-refractivity contribution in [2.45, 2.75) is 42.6 Å². The molecule has 0 radical (unpaired) electrons. The lowest BCUT2D eigenvalue weighted by Crippen LogP contribution is -2.49. The summed E-state index contributed by atoms with van der Waals surface area (Å²) in [5.41, 5.74) is 3.09. The van der Waals surface area contributed by atoms with Crippen molar-refractivity contribution >= 4 is 57.0 Å². The number of nitriles is 1. The maximum absolute atomic E-state index is 12.6. The second-order valence-electron chi connectivity index (χ2n) is 6.49. The summed E-state index contributed by atoms with van der Waals surface area (Å²) in [7, 11) is 0. The Hall–Kier alpha value is -1.45. The van der Waals surface area contributed by atoms with Gasteiger partial charge in [-0.25, -0.2) is 0 Å². The second kappa shape index (κ2) is 8.28. The minimum absolute atomic E-state index is 0.359. The first kappa shape index (κ1) is 20.3. The summed E-state index contributed by atoms with van der Waals surface area (Å²) in [5.74, 6) is -0.359. The number of nitrogens with one attached hydrogen (secondary N) is 2. The molecule has 8 heteroatoms. The Morgan fingerprint density at radius 2 is 2.04 bits per heavy atom. The van der Waals surface area contributed by atoms with E-state index in [1.54, 1.807) is 18.2 Å². The molecule has 142 valence electrons. The predicted molar refractivity (Wildman–Crippen MR) is 112 cm³/mol. The van der Waals surface area contributed by atoms with E-state index in [1.807, 2.05) is 13.0 Å². The first-order valence-corrected chi connectivity index (χ1v) is 10.5. The van der Waals surface area contributed by atoms with Crippen LogP contribution in [0.15, 0.2) is 24.3 Å². The van der Waals surface area contributed by atoms with Crippen molar-refractivity contribution in [2.24, 2.45) is 0 Å². The summed E-state index contributed by atoms with van der Waals surface area (Å²) < 4.78 is -1.79. The van der Waals surface area contributed by atoms with Crippen LogP contribution in [0, 0.1) is 18.3 Å². The largest absolute Gasteiger partial charge is 0.352 e. The molecule has 0 aliphatic heterocycles. The topological polar surface area (TPSA) is 64.9 Å². The third kappa shape index (κ3) is 4.70. The zero-order valence-electron chi connectivity index (χ0n) is 14.6. The number of alkyl halides is 3. The number of halogens is 3. The summed E-state index contributed by atoms with van der Waals surface area (Å²) in [6.07, 6.45) is 3.02. The van der Waals surface area contributed by atoms with E-state index in [2.05, 4.69) is 16.7 Å². The number of nitrogens with zero attached hydrogens (tertiary/aromatic N) is 1. The number of hydrogen-bond acceptors (Lipinski definition) is 4. The van der Waals surface area contributed by atoms with E-state index in [9.17, 15) is 10.1 Å². The van der Waals surface area contributed by atoms with Crippen molar-refractivity contribution in [3.05, 3.63) is 51.4 Å². The summed E-state index contributed by atoms with van der Waals surface area (Å²) >= 11 is 19.8. The summed E-state index contributed by atoms with van der Waals surface area (Å²) in [6.45, 7) is 1.90. The van der Waals surface area contributed by atoms with Crippen LogP contribution in [0.25, 0.3) is 0 Å². The molecule has 3 rings (SSSR count). The monoisotopic (exact) mass is 441 g/mol. The number of fused-ring (bicyclic) bond motifs is 1. The van der Waals surface area contributed by atoms with Crippen LogP contribution >= 0.6 is 46.1 Å². The molecule has 0 saturated carbocycles. The van der Waals surface area contributed by atoms with E-state index in [0.29, 0.717) is 16.1 Å². The Labute approximate surface area is 177 Å². The number of amides is 1. The Balaban J connectivity index is 1.86. The van der Waals surface area contributed by atoms with Gasteiger partial charge in [0.05, 0.1) is 5.56 Å². The summed E-state index contributed by atoms with van der Waals surface area (Å²) in [4.78, 5) is 13.8. The Morgan fingerprint density at radius 1 is 1.30 bits per heavy atom. The summed E-state index contributed by atoms with van der Waals surface area (Å²) in [6, 6.07) is 9.41. The van der Waals surface area contributed by atoms with Crippen LogP contribution in [-0.2, 0) is 12.8 Å². The predicted octanol–water partition coefficient (Wildman–Crippen LogP) is 5.35. The number of benzene rings is 1. The molecule has 1 atom stereocenters. The molecule has 4 nitrogen and oxygen atoms in total. The van der Waals surface area contributed by atoms with Gasteiger partial charge in [0.2, 0.25) is 3.79 Å². The Bertz CT molecular complexity index is 899. The molecular weight excluding hydrogens is 425 g/mol. The van der Waals surface area contributed by atoms with Gasteiger partial charge in [-0.15, -0.1) is 11.3 Å². The van der Waals surface area contributed by atoms with Gasteiger partial charge in [-0.1, -0.05) is 52.5 Å². The standard InChI is InChI=1S/C19H18Cl3N3OS/c1-11-5-4-6-12(9-11)16(26)24-18(19(20,21)22)25-17-14(10-23)13-7-2-3-8-15(13)27-17/h4-6,9,18,25H,2-3,7-8H2,1H3,(H,24,26)/t18-/m0/s1. The lowest BCUT2D eigenvalue weighted by molar-refractivity contribution is 0.0942. The van der Waals surface area contributed by atoms with Crippen molar-refractivity contribution in [3.63, 3.8) is 0 Å². The lowest BCUT2D eigenvalue weighted by Gasteiger charge is -2.27. The lowest BCUT2D eigenvalue weighted by atomic mass is 9.96. The second-order valence-corrected chi connectivity index (χ2v) is 9.96. The van der Waals surface area contributed by atoms with E-state index in [4.69, 9.17) is 34.8 Å². The molecule has 0 bridgehead atoms. The van der Waals surface area contributed by atoms with Gasteiger partial charge in [-0.3, -0.25) is 4.79 Å². The molecule has 0 unspecified atom stereocenters. The van der Waals surface area contributed by atoms with Crippen molar-refractivity contribution in [1.82, 2.24) is 5.32 Å². The third-order valence-corrected chi connectivity index (χ3v) is 6.32. The average Bonchev–Trinajstić information content (AvgIpc) is 2.97. The van der Waals surface area contributed by atoms with Gasteiger partial charge in [0.25, 0.3) is 5.91 Å². The van der Waals surface area contributed by atoms with Gasteiger partial charge in [0.1, 0.15) is 17.2 Å². The molecule has 27 heavy (non-hydrogen) atoms. The fraction of sp³-hybridized carbons (Fsp3) is 0.368. The fourth-order valence-electron chi connectivity index (χ4n) is 3.12. The normalized spacial score (nSPS) is 14.8. The van der Waals surface area contributed by atoms with Crippen LogP contribution in [0.4, 0.5) is 5.00 Å². The molecule has 1 aromatic heterocycles. The van der Waals surface area contributed by atoms with E-state index in [0.717, 1.165) is 36.8 Å². The molecule has 0 fully saturated rings. The average molecular weight is 443 g/mol. The number of thiophene rings is 1. The molecule has 0 spiro atoms. The minimum Gasteiger partial charge on any atom is -0.352 e. The Kier molecular flexibility index (Phi) is 6.22. The van der Waals surface area contributed by atoms with Gasteiger partial charge < -0.3 is 10.6 Å². The summed E-state index contributed by atoms with van der Waals surface area (Å²) in [5, 5.41) is 16.0. The van der Waals surface area contributed by atoms with Gasteiger partial charge >= 0.3 is 0 Å². The van der Waals surface area contributed by atoms with E-state index in [-0.39, 0.29) is 5.91 Å². The number of anilines is 1. The van der Waals surface area contributed by atoms with E-state index < -0.39 is 9.96 Å². The first-order valence-electron chi connectivity index (χ1n) is 8.55. The smallest absolute Gasteiger partial charge is 0.252 e. The number of aryl methyl sites for hydroxylation is 2. The van der Waals surface area contributed by atoms with Crippen molar-refractivity contribution in [1.29, 1.82) is 5.26 Å². The minimum atomic E-state index is -1.79. The van der Waals surface area contributed by atoms with Crippen molar-refractivity contribution < 1.29 is 4.79 Å². The highest BCUT2D eigenvalue weighted by Gasteiger charge is 2.36. The van der Waals surface area contributed by atoms with Crippen LogP contribution in [0.3, 0.4) is 0 Å². The molecule has 0 saturated heterocycles. The maximum Gasteiger partial charge on any atom is 0.252 e. The number of carbonyl (C=O) groups excluding carboxylic acids is 1. The van der Waals surface area contributed by atoms with Gasteiger partial charge in [-0.05, 0) is 50.3 Å². The molecule has 2 aromatic rings.